The first-order valence-corrected chi connectivity index (χ1v) is 12.8. The Kier molecular flexibility index (Phi) is 7.92. The van der Waals surface area contributed by atoms with E-state index in [0.717, 1.165) is 22.9 Å². The zero-order valence-electron chi connectivity index (χ0n) is 19.1. The number of rotatable bonds is 7. The molecule has 0 radical (unpaired) electrons. The fourth-order valence-electron chi connectivity index (χ4n) is 3.42. The molecule has 3 aromatic rings. The van der Waals surface area contributed by atoms with Crippen LogP contribution in [0, 0.1) is 10.5 Å². The van der Waals surface area contributed by atoms with Gasteiger partial charge in [-0.2, -0.15) is 0 Å². The van der Waals surface area contributed by atoms with Gasteiger partial charge in [-0.15, -0.1) is 0 Å². The number of thioether (sulfide) groups is 1. The van der Waals surface area contributed by atoms with Crippen LogP contribution in [-0.2, 0) is 11.3 Å². The van der Waals surface area contributed by atoms with E-state index in [1.165, 1.54) is 4.90 Å². The minimum atomic E-state index is -0.491. The van der Waals surface area contributed by atoms with Crippen molar-refractivity contribution in [1.29, 1.82) is 0 Å². The highest BCUT2D eigenvalue weighted by atomic mass is 127. The van der Waals surface area contributed by atoms with Gasteiger partial charge in [-0.05, 0) is 89.7 Å². The monoisotopic (exact) mass is 599 g/mol. The van der Waals surface area contributed by atoms with Crippen molar-refractivity contribution in [3.8, 4) is 11.5 Å². The quantitative estimate of drug-likeness (QED) is 0.135. The molecule has 0 aromatic heterocycles. The van der Waals surface area contributed by atoms with Crippen LogP contribution in [0.1, 0.15) is 34.0 Å². The van der Waals surface area contributed by atoms with Gasteiger partial charge < -0.3 is 9.47 Å². The SMILES string of the molecule is CCOc1cc(/C=C2\SC(=O)N(Cc3ccc(C)cc3)C2=O)cc(I)c1OC(=O)c1ccccc1. The molecule has 0 spiro atoms. The number of carbonyl (C=O) groups excluding carboxylic acids is 3. The summed E-state index contributed by atoms with van der Waals surface area (Å²) in [4.78, 5) is 39.7. The number of halogens is 1. The maximum atomic E-state index is 13.0. The van der Waals surface area contributed by atoms with Crippen LogP contribution in [0.25, 0.3) is 6.08 Å². The molecule has 1 heterocycles. The van der Waals surface area contributed by atoms with Crippen molar-refractivity contribution in [2.45, 2.75) is 20.4 Å². The summed E-state index contributed by atoms with van der Waals surface area (Å²) in [5.41, 5.74) is 3.09. The van der Waals surface area contributed by atoms with E-state index in [1.807, 2.05) is 44.2 Å². The van der Waals surface area contributed by atoms with E-state index in [1.54, 1.807) is 42.5 Å². The number of nitrogens with zero attached hydrogens (tertiary/aromatic N) is 1. The minimum Gasteiger partial charge on any atom is -0.490 e. The number of ether oxygens (including phenoxy) is 2. The topological polar surface area (TPSA) is 72.9 Å². The van der Waals surface area contributed by atoms with Crippen LogP contribution in [0.5, 0.6) is 11.5 Å². The van der Waals surface area contributed by atoms with E-state index in [4.69, 9.17) is 9.47 Å². The third-order valence-corrected chi connectivity index (χ3v) is 6.88. The second kappa shape index (κ2) is 11.1. The van der Waals surface area contributed by atoms with Gasteiger partial charge >= 0.3 is 5.97 Å². The number of hydrogen-bond donors (Lipinski definition) is 0. The van der Waals surface area contributed by atoms with Gasteiger partial charge in [0.1, 0.15) is 0 Å². The number of hydrogen-bond acceptors (Lipinski definition) is 6. The van der Waals surface area contributed by atoms with Crippen LogP contribution >= 0.6 is 34.4 Å². The zero-order chi connectivity index (χ0) is 24.9. The van der Waals surface area contributed by atoms with E-state index in [0.29, 0.717) is 37.7 Å². The van der Waals surface area contributed by atoms with E-state index in [-0.39, 0.29) is 17.7 Å². The van der Waals surface area contributed by atoms with Crippen molar-refractivity contribution >= 4 is 57.5 Å². The summed E-state index contributed by atoms with van der Waals surface area (Å²) in [6.45, 7) is 4.40. The molecule has 1 aliphatic heterocycles. The van der Waals surface area contributed by atoms with Gasteiger partial charge in [0.15, 0.2) is 11.5 Å². The standard InChI is InChI=1S/C27H22INO5S/c1-3-33-22-14-19(13-21(28)24(22)34-26(31)20-7-5-4-6-8-20)15-23-25(30)29(27(32)35-23)16-18-11-9-17(2)10-12-18/h4-15H,3,16H2,1-2H3/b23-15-. The molecule has 0 saturated carbocycles. The number of benzene rings is 3. The van der Waals surface area contributed by atoms with Crippen molar-refractivity contribution in [1.82, 2.24) is 4.90 Å². The van der Waals surface area contributed by atoms with E-state index >= 15 is 0 Å². The smallest absolute Gasteiger partial charge is 0.343 e. The molecule has 178 valence electrons. The Balaban J connectivity index is 1.58. The second-order valence-corrected chi connectivity index (χ2v) is 9.93. The lowest BCUT2D eigenvalue weighted by molar-refractivity contribution is -0.123. The molecule has 6 nitrogen and oxygen atoms in total. The molecule has 0 unspecified atom stereocenters. The average molecular weight is 599 g/mol. The predicted molar refractivity (Wildman–Crippen MR) is 144 cm³/mol. The summed E-state index contributed by atoms with van der Waals surface area (Å²) in [6, 6.07) is 19.9. The summed E-state index contributed by atoms with van der Waals surface area (Å²) >= 11 is 2.97. The van der Waals surface area contributed by atoms with Gasteiger partial charge in [-0.1, -0.05) is 48.0 Å². The summed E-state index contributed by atoms with van der Waals surface area (Å²) < 4.78 is 12.0. The molecule has 1 aliphatic rings. The highest BCUT2D eigenvalue weighted by Gasteiger charge is 2.35. The summed E-state index contributed by atoms with van der Waals surface area (Å²) in [6.07, 6.45) is 1.66. The van der Waals surface area contributed by atoms with Crippen LogP contribution in [0.15, 0.2) is 71.6 Å². The number of amides is 2. The van der Waals surface area contributed by atoms with E-state index in [9.17, 15) is 14.4 Å². The molecule has 8 heteroatoms. The Morgan fingerprint density at radius 3 is 2.46 bits per heavy atom. The molecular weight excluding hydrogens is 577 g/mol. The molecule has 2 amide bonds. The van der Waals surface area contributed by atoms with E-state index < -0.39 is 5.97 Å². The lowest BCUT2D eigenvalue weighted by atomic mass is 10.1. The molecule has 0 aliphatic carbocycles. The van der Waals surface area contributed by atoms with Crippen LogP contribution < -0.4 is 9.47 Å². The first kappa shape index (κ1) is 25.0. The van der Waals surface area contributed by atoms with E-state index in [2.05, 4.69) is 22.6 Å². The maximum absolute atomic E-state index is 13.0. The molecular formula is C27H22INO5S. The number of carbonyl (C=O) groups is 3. The number of imide groups is 1. The molecule has 0 atom stereocenters. The molecule has 0 N–H and O–H groups in total. The van der Waals surface area contributed by atoms with Crippen molar-refractivity contribution in [3.63, 3.8) is 0 Å². The molecule has 4 rings (SSSR count). The Hall–Kier alpha value is -3.11. The Morgan fingerprint density at radius 1 is 1.06 bits per heavy atom. The zero-order valence-corrected chi connectivity index (χ0v) is 22.1. The Bertz CT molecular complexity index is 1310. The lowest BCUT2D eigenvalue weighted by Gasteiger charge is -2.14. The molecule has 3 aromatic carbocycles. The normalized spacial score (nSPS) is 14.5. The lowest BCUT2D eigenvalue weighted by Crippen LogP contribution is -2.27. The van der Waals surface area contributed by atoms with Crippen LogP contribution in [0.3, 0.4) is 0 Å². The third kappa shape index (κ3) is 5.94. The molecule has 1 saturated heterocycles. The number of aryl methyl sites for hydroxylation is 1. The fourth-order valence-corrected chi connectivity index (χ4v) is 5.00. The van der Waals surface area contributed by atoms with Gasteiger partial charge in [-0.3, -0.25) is 14.5 Å². The maximum Gasteiger partial charge on any atom is 0.343 e. The van der Waals surface area contributed by atoms with Gasteiger partial charge in [0.25, 0.3) is 11.1 Å². The highest BCUT2D eigenvalue weighted by molar-refractivity contribution is 14.1. The van der Waals surface area contributed by atoms with Crippen LogP contribution in [-0.4, -0.2) is 28.6 Å². The average Bonchev–Trinajstić information content (AvgIpc) is 3.10. The first-order valence-electron chi connectivity index (χ1n) is 10.9. The number of esters is 1. The van der Waals surface area contributed by atoms with Crippen molar-refractivity contribution in [2.24, 2.45) is 0 Å². The molecule has 1 fully saturated rings. The van der Waals surface area contributed by atoms with Crippen molar-refractivity contribution < 1.29 is 23.9 Å². The van der Waals surface area contributed by atoms with Gasteiger partial charge in [0.05, 0.1) is 27.2 Å². The van der Waals surface area contributed by atoms with Crippen molar-refractivity contribution in [2.75, 3.05) is 6.61 Å². The summed E-state index contributed by atoms with van der Waals surface area (Å²) in [5, 5.41) is -0.310. The van der Waals surface area contributed by atoms with Crippen LogP contribution in [0.4, 0.5) is 4.79 Å². The van der Waals surface area contributed by atoms with Gasteiger partial charge in [-0.25, -0.2) is 4.79 Å². The fraction of sp³-hybridized carbons (Fsp3) is 0.148. The molecule has 35 heavy (non-hydrogen) atoms. The second-order valence-electron chi connectivity index (χ2n) is 7.77. The van der Waals surface area contributed by atoms with Crippen LogP contribution in [0.2, 0.25) is 0 Å². The third-order valence-electron chi connectivity index (χ3n) is 5.17. The first-order chi connectivity index (χ1) is 16.9. The van der Waals surface area contributed by atoms with Gasteiger partial charge in [0.2, 0.25) is 0 Å². The Morgan fingerprint density at radius 2 is 1.77 bits per heavy atom. The minimum absolute atomic E-state index is 0.221. The summed E-state index contributed by atoms with van der Waals surface area (Å²) in [5.74, 6) is -0.137. The summed E-state index contributed by atoms with van der Waals surface area (Å²) in [7, 11) is 0. The highest BCUT2D eigenvalue weighted by Crippen LogP contribution is 2.38. The predicted octanol–water partition coefficient (Wildman–Crippen LogP) is 6.45. The van der Waals surface area contributed by atoms with Crippen molar-refractivity contribution in [3.05, 3.63) is 97.5 Å². The Labute approximate surface area is 221 Å². The molecule has 0 bridgehead atoms. The van der Waals surface area contributed by atoms with Gasteiger partial charge in [0, 0.05) is 0 Å². The largest absolute Gasteiger partial charge is 0.490 e.